The molecule has 0 aromatic rings. The lowest BCUT2D eigenvalue weighted by atomic mass is 9.94. The van der Waals surface area contributed by atoms with Gasteiger partial charge in [-0.05, 0) is 37.5 Å². The van der Waals surface area contributed by atoms with Gasteiger partial charge in [0, 0.05) is 13.1 Å². The van der Waals surface area contributed by atoms with Crippen LogP contribution in [0.1, 0.15) is 66.2 Å². The predicted molar refractivity (Wildman–Crippen MR) is 150 cm³/mol. The third kappa shape index (κ3) is 14.2. The first-order valence-corrected chi connectivity index (χ1v) is 13.2. The third-order valence-corrected chi connectivity index (χ3v) is 6.45. The summed E-state index contributed by atoms with van der Waals surface area (Å²) in [6, 6.07) is -4.07. The molecule has 15 heteroatoms. The van der Waals surface area contributed by atoms with Crippen molar-refractivity contribution in [2.24, 2.45) is 50.5 Å². The summed E-state index contributed by atoms with van der Waals surface area (Å²) < 4.78 is 0. The highest BCUT2D eigenvalue weighted by atomic mass is 16.4. The number of guanidine groups is 2. The zero-order valence-corrected chi connectivity index (χ0v) is 23.5. The average molecular weight is 557 g/mol. The lowest BCUT2D eigenvalue weighted by molar-refractivity contribution is -0.143. The lowest BCUT2D eigenvalue weighted by Crippen LogP contribution is -2.60. The number of aliphatic carboxylic acids is 1. The van der Waals surface area contributed by atoms with Crippen LogP contribution in [0.4, 0.5) is 0 Å². The second-order valence-electron chi connectivity index (χ2n) is 9.65. The van der Waals surface area contributed by atoms with Gasteiger partial charge in [-0.25, -0.2) is 4.79 Å². The fourth-order valence-corrected chi connectivity index (χ4v) is 3.58. The number of nitrogens with one attached hydrogen (secondary N) is 3. The van der Waals surface area contributed by atoms with E-state index in [4.69, 9.17) is 28.7 Å². The van der Waals surface area contributed by atoms with Gasteiger partial charge in [-0.15, -0.1) is 0 Å². The Morgan fingerprint density at radius 3 is 1.54 bits per heavy atom. The van der Waals surface area contributed by atoms with Crippen LogP contribution >= 0.6 is 0 Å². The number of hydrogen-bond acceptors (Lipinski definition) is 7. The van der Waals surface area contributed by atoms with E-state index >= 15 is 0 Å². The van der Waals surface area contributed by atoms with Crippen molar-refractivity contribution in [3.05, 3.63) is 0 Å². The summed E-state index contributed by atoms with van der Waals surface area (Å²) in [5.41, 5.74) is 27.1. The van der Waals surface area contributed by atoms with Gasteiger partial charge >= 0.3 is 5.97 Å². The average Bonchev–Trinajstić information content (AvgIpc) is 2.87. The van der Waals surface area contributed by atoms with E-state index in [1.807, 2.05) is 13.8 Å². The van der Waals surface area contributed by atoms with Crippen LogP contribution in [0.15, 0.2) is 9.98 Å². The maximum Gasteiger partial charge on any atom is 0.326 e. The fraction of sp³-hybridized carbons (Fsp3) is 0.750. The molecule has 0 aliphatic rings. The van der Waals surface area contributed by atoms with Crippen LogP contribution in [0.3, 0.4) is 0 Å². The summed E-state index contributed by atoms with van der Waals surface area (Å²) in [4.78, 5) is 58.6. The minimum absolute atomic E-state index is 0.0537. The Balaban J connectivity index is 5.49. The molecule has 0 aliphatic carbocycles. The van der Waals surface area contributed by atoms with Gasteiger partial charge < -0.3 is 49.7 Å². The van der Waals surface area contributed by atoms with Crippen LogP contribution in [-0.2, 0) is 19.2 Å². The number of aliphatic imine (C=N–C) groups is 2. The number of carbonyl (C=O) groups is 4. The van der Waals surface area contributed by atoms with Crippen LogP contribution in [-0.4, -0.2) is 78.0 Å². The van der Waals surface area contributed by atoms with Gasteiger partial charge in [0.15, 0.2) is 11.9 Å². The Hall–Kier alpha value is -3.62. The predicted octanol–water partition coefficient (Wildman–Crippen LogP) is -1.95. The van der Waals surface area contributed by atoms with Crippen LogP contribution in [0.25, 0.3) is 0 Å². The first kappa shape index (κ1) is 35.4. The molecule has 14 N–H and O–H groups in total. The fourth-order valence-electron chi connectivity index (χ4n) is 3.58. The molecule has 6 unspecified atom stereocenters. The van der Waals surface area contributed by atoms with Crippen LogP contribution < -0.4 is 44.6 Å². The standard InChI is InChI=1S/C24H48N10O5/c1-5-13(3)17(20(36)32-16(22(38)39)10-8-12-31-24(28)29)34-21(37)18(14(4)6-2)33-19(35)15(25)9-7-11-30-23(26)27/h13-18H,5-12,25H2,1-4H3,(H,32,36)(H,33,35)(H,34,37)(H,38,39)(H4,26,27,30)(H4,28,29,31). The smallest absolute Gasteiger partial charge is 0.326 e. The van der Waals surface area contributed by atoms with Crippen LogP contribution in [0, 0.1) is 11.8 Å². The molecule has 6 atom stereocenters. The van der Waals surface area contributed by atoms with Gasteiger partial charge in [-0.2, -0.15) is 0 Å². The highest BCUT2D eigenvalue weighted by Crippen LogP contribution is 2.13. The Bertz CT molecular complexity index is 858. The molecule has 0 aromatic carbocycles. The summed E-state index contributed by atoms with van der Waals surface area (Å²) in [5.74, 6) is -3.70. The quantitative estimate of drug-likeness (QED) is 0.0481. The third-order valence-electron chi connectivity index (χ3n) is 6.45. The molecule has 0 rings (SSSR count). The number of carbonyl (C=O) groups excluding carboxylic acids is 3. The van der Waals surface area contributed by atoms with Crippen LogP contribution in [0.5, 0.6) is 0 Å². The van der Waals surface area contributed by atoms with Crippen molar-refractivity contribution in [1.29, 1.82) is 0 Å². The summed E-state index contributed by atoms with van der Waals surface area (Å²) in [5, 5.41) is 17.5. The van der Waals surface area contributed by atoms with Crippen molar-refractivity contribution in [2.75, 3.05) is 13.1 Å². The number of nitrogens with two attached hydrogens (primary N) is 5. The van der Waals surface area contributed by atoms with Crippen molar-refractivity contribution in [1.82, 2.24) is 16.0 Å². The van der Waals surface area contributed by atoms with Crippen molar-refractivity contribution in [2.45, 2.75) is 90.4 Å². The Labute approximate surface area is 230 Å². The molecular formula is C24H48N10O5. The molecule has 0 spiro atoms. The van der Waals surface area contributed by atoms with E-state index in [1.54, 1.807) is 13.8 Å². The monoisotopic (exact) mass is 556 g/mol. The van der Waals surface area contributed by atoms with Crippen molar-refractivity contribution in [3.8, 4) is 0 Å². The van der Waals surface area contributed by atoms with Crippen molar-refractivity contribution >= 4 is 35.6 Å². The van der Waals surface area contributed by atoms with E-state index in [0.29, 0.717) is 38.6 Å². The molecule has 0 saturated heterocycles. The maximum absolute atomic E-state index is 13.3. The maximum atomic E-state index is 13.3. The highest BCUT2D eigenvalue weighted by molar-refractivity contribution is 5.94. The Morgan fingerprint density at radius 1 is 0.718 bits per heavy atom. The zero-order valence-electron chi connectivity index (χ0n) is 23.5. The topological polar surface area (TPSA) is 279 Å². The molecule has 0 fully saturated rings. The minimum atomic E-state index is -1.22. The molecular weight excluding hydrogens is 508 g/mol. The number of carboxylic acid groups (broad SMARTS) is 1. The molecule has 3 amide bonds. The van der Waals surface area contributed by atoms with E-state index in [-0.39, 0.29) is 36.7 Å². The van der Waals surface area contributed by atoms with Gasteiger partial charge in [0.05, 0.1) is 6.04 Å². The molecule has 39 heavy (non-hydrogen) atoms. The minimum Gasteiger partial charge on any atom is -0.480 e. The van der Waals surface area contributed by atoms with Crippen LogP contribution in [0.2, 0.25) is 0 Å². The molecule has 0 aromatic heterocycles. The normalized spacial score (nSPS) is 15.4. The van der Waals surface area contributed by atoms with E-state index in [0.717, 1.165) is 0 Å². The zero-order chi connectivity index (χ0) is 30.1. The molecule has 0 aliphatic heterocycles. The SMILES string of the molecule is CCC(C)C(NC(=O)C(N)CCCN=C(N)N)C(=O)NC(C(=O)NC(CCCN=C(N)N)C(=O)O)C(C)CC. The first-order chi connectivity index (χ1) is 18.2. The largest absolute Gasteiger partial charge is 0.480 e. The van der Waals surface area contributed by atoms with Gasteiger partial charge in [-0.1, -0.05) is 40.5 Å². The van der Waals surface area contributed by atoms with E-state index in [9.17, 15) is 24.3 Å². The van der Waals surface area contributed by atoms with Gasteiger partial charge in [0.1, 0.15) is 18.1 Å². The summed E-state index contributed by atoms with van der Waals surface area (Å²) in [6.45, 7) is 7.80. The summed E-state index contributed by atoms with van der Waals surface area (Å²) >= 11 is 0. The second-order valence-corrected chi connectivity index (χ2v) is 9.65. The number of hydrogen-bond donors (Lipinski definition) is 9. The van der Waals surface area contributed by atoms with Crippen molar-refractivity contribution < 1.29 is 24.3 Å². The summed E-state index contributed by atoms with van der Waals surface area (Å²) in [6.07, 6.45) is 2.28. The van der Waals surface area contributed by atoms with Gasteiger partial charge in [0.25, 0.3) is 0 Å². The molecule has 0 saturated carbocycles. The molecule has 224 valence electrons. The Kier molecular flexibility index (Phi) is 16.9. The van der Waals surface area contributed by atoms with E-state index < -0.39 is 47.9 Å². The van der Waals surface area contributed by atoms with Gasteiger partial charge in [0.2, 0.25) is 17.7 Å². The molecule has 0 heterocycles. The number of carboxylic acids is 1. The number of amides is 3. The number of nitrogens with zero attached hydrogens (tertiary/aromatic N) is 2. The first-order valence-electron chi connectivity index (χ1n) is 13.2. The molecule has 15 nitrogen and oxygen atoms in total. The highest BCUT2D eigenvalue weighted by Gasteiger charge is 2.34. The molecule has 0 radical (unpaired) electrons. The van der Waals surface area contributed by atoms with Crippen molar-refractivity contribution in [3.63, 3.8) is 0 Å². The lowest BCUT2D eigenvalue weighted by Gasteiger charge is -2.30. The Morgan fingerprint density at radius 2 is 1.13 bits per heavy atom. The molecule has 0 bridgehead atoms. The number of rotatable bonds is 19. The van der Waals surface area contributed by atoms with Gasteiger partial charge in [-0.3, -0.25) is 24.4 Å². The second kappa shape index (κ2) is 18.6. The van der Waals surface area contributed by atoms with E-state index in [1.165, 1.54) is 0 Å². The van der Waals surface area contributed by atoms with E-state index in [2.05, 4.69) is 25.9 Å². The summed E-state index contributed by atoms with van der Waals surface area (Å²) in [7, 11) is 0.